The maximum Gasteiger partial charge on any atom is 0.308 e. The Morgan fingerprint density at radius 3 is 2.77 bits per heavy atom. The van der Waals surface area contributed by atoms with Gasteiger partial charge >= 0.3 is 5.97 Å². The maximum atomic E-state index is 10.8. The van der Waals surface area contributed by atoms with Gasteiger partial charge in [-0.15, -0.1) is 0 Å². The van der Waals surface area contributed by atoms with E-state index < -0.39 is 11.9 Å². The van der Waals surface area contributed by atoms with Crippen molar-refractivity contribution in [3.05, 3.63) is 29.6 Å². The topological polar surface area (TPSA) is 94.5 Å². The van der Waals surface area contributed by atoms with Gasteiger partial charge in [0.2, 0.25) is 5.91 Å². The van der Waals surface area contributed by atoms with Crippen molar-refractivity contribution in [3.8, 4) is 0 Å². The van der Waals surface area contributed by atoms with Crippen molar-refractivity contribution in [1.29, 1.82) is 0 Å². The molecule has 4 N–H and O–H groups in total. The zero-order valence-corrected chi connectivity index (χ0v) is 6.78. The summed E-state index contributed by atoms with van der Waals surface area (Å²) in [6.07, 6.45) is 2.76. The van der Waals surface area contributed by atoms with Crippen LogP contribution in [0.1, 0.15) is 15.9 Å². The Bertz CT molecular complexity index is 349. The Hall–Kier alpha value is -1.91. The van der Waals surface area contributed by atoms with Crippen molar-refractivity contribution < 1.29 is 19.7 Å². The van der Waals surface area contributed by atoms with E-state index in [-0.39, 0.29) is 12.0 Å². The molecule has 0 aliphatic rings. The molecule has 0 aliphatic carbocycles. The number of primary amides is 1. The van der Waals surface area contributed by atoms with Crippen molar-refractivity contribution >= 4 is 11.9 Å². The van der Waals surface area contributed by atoms with Gasteiger partial charge in [-0.05, 0) is 0 Å². The summed E-state index contributed by atoms with van der Waals surface area (Å²) in [5.74, 6) is -1.62. The number of hydrogen-bond donors (Lipinski definition) is 2. The SMILES string of the molecule is NC(=O)c1cc[nH+]cc1CC(=O)O. The first-order valence-corrected chi connectivity index (χ1v) is 3.62. The summed E-state index contributed by atoms with van der Waals surface area (Å²) in [6, 6.07) is 1.46. The van der Waals surface area contributed by atoms with Gasteiger partial charge in [0.15, 0.2) is 12.4 Å². The standard InChI is InChI=1S/C8H8N2O3/c9-8(13)6-1-2-10-4-5(6)3-7(11)12/h1-2,4H,3H2,(H2,9,13)(H,11,12)/p+1. The number of aliphatic carboxylic acids is 1. The molecule has 0 saturated carbocycles. The predicted octanol–water partition coefficient (Wildman–Crippen LogP) is -0.773. The smallest absolute Gasteiger partial charge is 0.308 e. The molecule has 0 fully saturated rings. The van der Waals surface area contributed by atoms with Crippen LogP contribution in [0.3, 0.4) is 0 Å². The number of carbonyl (C=O) groups is 2. The number of nitrogens with one attached hydrogen (secondary N) is 1. The van der Waals surface area contributed by atoms with E-state index in [1.807, 2.05) is 0 Å². The third-order valence-corrected chi connectivity index (χ3v) is 1.56. The van der Waals surface area contributed by atoms with Gasteiger partial charge in [0, 0.05) is 11.6 Å². The highest BCUT2D eigenvalue weighted by atomic mass is 16.4. The van der Waals surface area contributed by atoms with Crippen LogP contribution in [0.2, 0.25) is 0 Å². The number of aromatic nitrogens is 1. The molecular formula is C8H9N2O3+. The van der Waals surface area contributed by atoms with Crippen LogP contribution in [0.5, 0.6) is 0 Å². The third kappa shape index (κ3) is 2.26. The summed E-state index contributed by atoms with van der Waals surface area (Å²) in [6.45, 7) is 0. The number of carbonyl (C=O) groups excluding carboxylic acids is 1. The first kappa shape index (κ1) is 9.18. The number of aromatic amines is 1. The molecular weight excluding hydrogens is 172 g/mol. The molecule has 0 unspecified atom stereocenters. The summed E-state index contributed by atoms with van der Waals surface area (Å²) >= 11 is 0. The average Bonchev–Trinajstić information content (AvgIpc) is 2.03. The lowest BCUT2D eigenvalue weighted by Gasteiger charge is -1.98. The fourth-order valence-corrected chi connectivity index (χ4v) is 1.01. The summed E-state index contributed by atoms with van der Waals surface area (Å²) in [5.41, 5.74) is 5.67. The van der Waals surface area contributed by atoms with Gasteiger partial charge in [0.1, 0.15) is 0 Å². The second-order valence-electron chi connectivity index (χ2n) is 2.52. The van der Waals surface area contributed by atoms with Gasteiger partial charge in [0.25, 0.3) is 0 Å². The van der Waals surface area contributed by atoms with Crippen LogP contribution >= 0.6 is 0 Å². The van der Waals surface area contributed by atoms with E-state index in [0.717, 1.165) is 0 Å². The van der Waals surface area contributed by atoms with E-state index in [1.54, 1.807) is 0 Å². The number of nitrogens with two attached hydrogens (primary N) is 1. The Labute approximate surface area is 74.2 Å². The number of rotatable bonds is 3. The number of pyridine rings is 1. The van der Waals surface area contributed by atoms with E-state index >= 15 is 0 Å². The molecule has 0 spiro atoms. The first-order chi connectivity index (χ1) is 6.11. The summed E-state index contributed by atoms with van der Waals surface area (Å²) in [7, 11) is 0. The van der Waals surface area contributed by atoms with Gasteiger partial charge in [-0.1, -0.05) is 0 Å². The van der Waals surface area contributed by atoms with Crippen LogP contribution < -0.4 is 10.7 Å². The van der Waals surface area contributed by atoms with Crippen LogP contribution in [0, 0.1) is 0 Å². The first-order valence-electron chi connectivity index (χ1n) is 3.62. The van der Waals surface area contributed by atoms with Gasteiger partial charge in [-0.25, -0.2) is 4.98 Å². The number of amides is 1. The zero-order chi connectivity index (χ0) is 9.84. The normalized spacial score (nSPS) is 9.54. The van der Waals surface area contributed by atoms with Crippen LogP contribution in [0.25, 0.3) is 0 Å². The monoisotopic (exact) mass is 181 g/mol. The summed E-state index contributed by atoms with van der Waals surface area (Å²) in [4.78, 5) is 23.9. The number of hydrogen-bond acceptors (Lipinski definition) is 2. The Morgan fingerprint density at radius 1 is 1.54 bits per heavy atom. The van der Waals surface area contributed by atoms with Gasteiger partial charge < -0.3 is 10.8 Å². The van der Waals surface area contributed by atoms with E-state index in [0.29, 0.717) is 5.56 Å². The highest BCUT2D eigenvalue weighted by Gasteiger charge is 2.12. The molecule has 1 aromatic heterocycles. The molecule has 0 aliphatic heterocycles. The third-order valence-electron chi connectivity index (χ3n) is 1.56. The zero-order valence-electron chi connectivity index (χ0n) is 6.78. The molecule has 1 aromatic rings. The summed E-state index contributed by atoms with van der Waals surface area (Å²) < 4.78 is 0. The fraction of sp³-hybridized carbons (Fsp3) is 0.125. The number of H-pyrrole nitrogens is 1. The minimum absolute atomic E-state index is 0.213. The van der Waals surface area contributed by atoms with E-state index in [9.17, 15) is 9.59 Å². The lowest BCUT2D eigenvalue weighted by atomic mass is 10.1. The van der Waals surface area contributed by atoms with Crippen molar-refractivity contribution in [2.75, 3.05) is 0 Å². The number of carboxylic acid groups (broad SMARTS) is 1. The molecule has 0 atom stereocenters. The van der Waals surface area contributed by atoms with E-state index in [4.69, 9.17) is 10.8 Å². The molecule has 5 nitrogen and oxygen atoms in total. The summed E-state index contributed by atoms with van der Waals surface area (Å²) in [5, 5.41) is 8.51. The minimum atomic E-state index is -0.998. The molecule has 0 aromatic carbocycles. The van der Waals surface area contributed by atoms with E-state index in [1.165, 1.54) is 18.5 Å². The van der Waals surface area contributed by atoms with Gasteiger partial charge in [-0.2, -0.15) is 0 Å². The lowest BCUT2D eigenvalue weighted by molar-refractivity contribution is -0.378. The average molecular weight is 181 g/mol. The van der Waals surface area contributed by atoms with Crippen LogP contribution in [0.15, 0.2) is 18.5 Å². The van der Waals surface area contributed by atoms with Crippen LogP contribution in [0.4, 0.5) is 0 Å². The van der Waals surface area contributed by atoms with Crippen molar-refractivity contribution in [3.63, 3.8) is 0 Å². The molecule has 1 rings (SSSR count). The van der Waals surface area contributed by atoms with Crippen molar-refractivity contribution in [2.24, 2.45) is 5.73 Å². The molecule has 0 saturated heterocycles. The number of carboxylic acids is 1. The Balaban J connectivity index is 3.04. The minimum Gasteiger partial charge on any atom is -0.481 e. The van der Waals surface area contributed by atoms with Crippen molar-refractivity contribution in [1.82, 2.24) is 0 Å². The fourth-order valence-electron chi connectivity index (χ4n) is 1.01. The molecule has 13 heavy (non-hydrogen) atoms. The van der Waals surface area contributed by atoms with Gasteiger partial charge in [-0.3, -0.25) is 9.59 Å². The highest BCUT2D eigenvalue weighted by Crippen LogP contribution is 2.04. The Morgan fingerprint density at radius 2 is 2.23 bits per heavy atom. The second kappa shape index (κ2) is 3.66. The lowest BCUT2D eigenvalue weighted by Crippen LogP contribution is -2.18. The molecule has 1 amide bonds. The molecule has 68 valence electrons. The molecule has 0 radical (unpaired) electrons. The molecule has 0 bridgehead atoms. The molecule has 1 heterocycles. The van der Waals surface area contributed by atoms with Crippen LogP contribution in [-0.2, 0) is 11.2 Å². The van der Waals surface area contributed by atoms with Gasteiger partial charge in [0.05, 0.1) is 12.0 Å². The molecule has 5 heteroatoms. The maximum absolute atomic E-state index is 10.8. The Kier molecular flexibility index (Phi) is 2.59. The second-order valence-corrected chi connectivity index (χ2v) is 2.52. The highest BCUT2D eigenvalue weighted by molar-refractivity contribution is 5.95. The van der Waals surface area contributed by atoms with Crippen molar-refractivity contribution in [2.45, 2.75) is 6.42 Å². The van der Waals surface area contributed by atoms with Crippen LogP contribution in [-0.4, -0.2) is 17.0 Å². The largest absolute Gasteiger partial charge is 0.481 e. The van der Waals surface area contributed by atoms with E-state index in [2.05, 4.69) is 4.98 Å². The predicted molar refractivity (Wildman–Crippen MR) is 42.9 cm³/mol. The quantitative estimate of drug-likeness (QED) is 0.640.